The van der Waals surface area contributed by atoms with Crippen molar-refractivity contribution in [2.24, 2.45) is 0 Å². The molecular formula is C13H17F3N2. The lowest BCUT2D eigenvalue weighted by Crippen LogP contribution is -2.45. The van der Waals surface area contributed by atoms with E-state index in [1.807, 2.05) is 6.92 Å². The summed E-state index contributed by atoms with van der Waals surface area (Å²) in [5.41, 5.74) is 0.248. The highest BCUT2D eigenvalue weighted by Gasteiger charge is 2.24. The van der Waals surface area contributed by atoms with Crippen LogP contribution in [0.4, 0.5) is 13.2 Å². The molecule has 0 amide bonds. The molecule has 0 unspecified atom stereocenters. The average molecular weight is 258 g/mol. The number of benzene rings is 1. The average Bonchev–Trinajstić information content (AvgIpc) is 2.38. The third kappa shape index (κ3) is 2.67. The van der Waals surface area contributed by atoms with E-state index in [1.165, 1.54) is 0 Å². The Morgan fingerprint density at radius 1 is 1.11 bits per heavy atom. The van der Waals surface area contributed by atoms with Crippen LogP contribution in [0.25, 0.3) is 0 Å². The summed E-state index contributed by atoms with van der Waals surface area (Å²) in [7, 11) is 0. The molecule has 1 aliphatic rings. The number of nitrogens with one attached hydrogen (secondary N) is 1. The van der Waals surface area contributed by atoms with Gasteiger partial charge in [-0.25, -0.2) is 13.2 Å². The van der Waals surface area contributed by atoms with Gasteiger partial charge in [-0.15, -0.1) is 0 Å². The van der Waals surface area contributed by atoms with Gasteiger partial charge in [-0.3, -0.25) is 4.90 Å². The first-order chi connectivity index (χ1) is 8.63. The molecule has 0 saturated carbocycles. The van der Waals surface area contributed by atoms with Crippen LogP contribution in [0.2, 0.25) is 0 Å². The van der Waals surface area contributed by atoms with Crippen LogP contribution in [-0.4, -0.2) is 31.1 Å². The maximum atomic E-state index is 13.8. The Kier molecular flexibility index (Phi) is 4.24. The van der Waals surface area contributed by atoms with Crippen LogP contribution in [0.1, 0.15) is 24.9 Å². The second kappa shape index (κ2) is 5.71. The zero-order chi connectivity index (χ0) is 13.1. The summed E-state index contributed by atoms with van der Waals surface area (Å²) in [6, 6.07) is 1.43. The summed E-state index contributed by atoms with van der Waals surface area (Å²) < 4.78 is 40.0. The molecule has 0 spiro atoms. The molecule has 100 valence electrons. The van der Waals surface area contributed by atoms with Gasteiger partial charge in [0.1, 0.15) is 5.82 Å². The first-order valence-corrected chi connectivity index (χ1v) is 6.22. The SMILES string of the molecule is CC[C@@H](c1cc(F)c(F)cc1F)N1CCNCC1. The zero-order valence-corrected chi connectivity index (χ0v) is 10.3. The van der Waals surface area contributed by atoms with Gasteiger partial charge in [0.15, 0.2) is 11.6 Å². The minimum absolute atomic E-state index is 0.192. The number of halogens is 3. The van der Waals surface area contributed by atoms with Crippen molar-refractivity contribution in [3.8, 4) is 0 Å². The van der Waals surface area contributed by atoms with E-state index < -0.39 is 17.5 Å². The molecule has 0 aliphatic carbocycles. The molecule has 0 radical (unpaired) electrons. The van der Waals surface area contributed by atoms with Crippen molar-refractivity contribution in [1.82, 2.24) is 10.2 Å². The lowest BCUT2D eigenvalue weighted by Gasteiger charge is -2.34. The number of piperazine rings is 1. The molecule has 5 heteroatoms. The first-order valence-electron chi connectivity index (χ1n) is 6.22. The van der Waals surface area contributed by atoms with Crippen molar-refractivity contribution in [2.45, 2.75) is 19.4 Å². The summed E-state index contributed by atoms with van der Waals surface area (Å²) in [6.45, 7) is 5.17. The van der Waals surface area contributed by atoms with E-state index in [0.29, 0.717) is 12.5 Å². The molecule has 1 aromatic carbocycles. The third-order valence-electron chi connectivity index (χ3n) is 3.38. The van der Waals surface area contributed by atoms with Gasteiger partial charge in [0, 0.05) is 43.9 Å². The van der Waals surface area contributed by atoms with Crippen LogP contribution < -0.4 is 5.32 Å². The quantitative estimate of drug-likeness (QED) is 0.838. The van der Waals surface area contributed by atoms with Crippen LogP contribution in [-0.2, 0) is 0 Å². The van der Waals surface area contributed by atoms with Gasteiger partial charge in [-0.2, -0.15) is 0 Å². The van der Waals surface area contributed by atoms with Crippen molar-refractivity contribution >= 4 is 0 Å². The number of hydrogen-bond acceptors (Lipinski definition) is 2. The maximum Gasteiger partial charge on any atom is 0.161 e. The summed E-state index contributed by atoms with van der Waals surface area (Å²) in [4.78, 5) is 2.10. The highest BCUT2D eigenvalue weighted by Crippen LogP contribution is 2.28. The fourth-order valence-corrected chi connectivity index (χ4v) is 2.46. The lowest BCUT2D eigenvalue weighted by atomic mass is 10.0. The fourth-order valence-electron chi connectivity index (χ4n) is 2.46. The van der Waals surface area contributed by atoms with E-state index in [2.05, 4.69) is 10.2 Å². The molecule has 1 N–H and O–H groups in total. The number of nitrogens with zero attached hydrogens (tertiary/aromatic N) is 1. The Morgan fingerprint density at radius 2 is 1.72 bits per heavy atom. The van der Waals surface area contributed by atoms with Gasteiger partial charge in [0.25, 0.3) is 0 Å². The van der Waals surface area contributed by atoms with Crippen LogP contribution in [0.15, 0.2) is 12.1 Å². The van der Waals surface area contributed by atoms with Gasteiger partial charge >= 0.3 is 0 Å². The fraction of sp³-hybridized carbons (Fsp3) is 0.538. The second-order valence-electron chi connectivity index (χ2n) is 4.50. The highest BCUT2D eigenvalue weighted by molar-refractivity contribution is 5.23. The predicted octanol–water partition coefficient (Wildman–Crippen LogP) is 2.46. The maximum absolute atomic E-state index is 13.8. The van der Waals surface area contributed by atoms with E-state index in [-0.39, 0.29) is 11.6 Å². The van der Waals surface area contributed by atoms with Gasteiger partial charge in [-0.05, 0) is 12.5 Å². The molecule has 2 nitrogen and oxygen atoms in total. The van der Waals surface area contributed by atoms with Crippen LogP contribution in [0, 0.1) is 17.5 Å². The molecule has 1 saturated heterocycles. The topological polar surface area (TPSA) is 15.3 Å². The Hall–Kier alpha value is -1.07. The van der Waals surface area contributed by atoms with Gasteiger partial charge in [-0.1, -0.05) is 6.92 Å². The summed E-state index contributed by atoms with van der Waals surface area (Å²) in [6.07, 6.45) is 0.669. The van der Waals surface area contributed by atoms with Gasteiger partial charge in [0.05, 0.1) is 0 Å². The minimum Gasteiger partial charge on any atom is -0.314 e. The van der Waals surface area contributed by atoms with Gasteiger partial charge in [0.2, 0.25) is 0 Å². The summed E-state index contributed by atoms with van der Waals surface area (Å²) in [5.74, 6) is -2.79. The molecule has 1 aromatic rings. The van der Waals surface area contributed by atoms with Crippen molar-refractivity contribution in [3.63, 3.8) is 0 Å². The van der Waals surface area contributed by atoms with Gasteiger partial charge < -0.3 is 5.32 Å². The number of rotatable bonds is 3. The van der Waals surface area contributed by atoms with Crippen molar-refractivity contribution in [3.05, 3.63) is 35.1 Å². The van der Waals surface area contributed by atoms with E-state index >= 15 is 0 Å². The van der Waals surface area contributed by atoms with E-state index in [4.69, 9.17) is 0 Å². The standard InChI is InChI=1S/C13H17F3N2/c1-2-13(18-5-3-17-4-6-18)9-7-11(15)12(16)8-10(9)14/h7-8,13,17H,2-6H2,1H3/t13-/m0/s1. The Balaban J connectivity index is 2.28. The Bertz CT molecular complexity index is 417. The van der Waals surface area contributed by atoms with E-state index in [0.717, 1.165) is 32.2 Å². The molecule has 1 heterocycles. The predicted molar refractivity (Wildman–Crippen MR) is 63.8 cm³/mol. The minimum atomic E-state index is -1.13. The molecule has 2 rings (SSSR count). The van der Waals surface area contributed by atoms with Crippen molar-refractivity contribution < 1.29 is 13.2 Å². The molecule has 0 bridgehead atoms. The van der Waals surface area contributed by atoms with Crippen molar-refractivity contribution in [1.29, 1.82) is 0 Å². The summed E-state index contributed by atoms with van der Waals surface area (Å²) >= 11 is 0. The normalized spacial score (nSPS) is 18.9. The van der Waals surface area contributed by atoms with Crippen LogP contribution >= 0.6 is 0 Å². The molecular weight excluding hydrogens is 241 g/mol. The Labute approximate surface area is 105 Å². The lowest BCUT2D eigenvalue weighted by molar-refractivity contribution is 0.165. The Morgan fingerprint density at radius 3 is 2.33 bits per heavy atom. The third-order valence-corrected chi connectivity index (χ3v) is 3.38. The first kappa shape index (κ1) is 13.4. The summed E-state index contributed by atoms with van der Waals surface area (Å²) in [5, 5.41) is 3.21. The highest BCUT2D eigenvalue weighted by atomic mass is 19.2. The smallest absolute Gasteiger partial charge is 0.161 e. The van der Waals surface area contributed by atoms with E-state index in [1.54, 1.807) is 0 Å². The van der Waals surface area contributed by atoms with Crippen LogP contribution in [0.3, 0.4) is 0 Å². The van der Waals surface area contributed by atoms with Crippen LogP contribution in [0.5, 0.6) is 0 Å². The monoisotopic (exact) mass is 258 g/mol. The molecule has 0 aromatic heterocycles. The van der Waals surface area contributed by atoms with E-state index in [9.17, 15) is 13.2 Å². The number of hydrogen-bond donors (Lipinski definition) is 1. The second-order valence-corrected chi connectivity index (χ2v) is 4.50. The van der Waals surface area contributed by atoms with Crippen molar-refractivity contribution in [2.75, 3.05) is 26.2 Å². The molecule has 1 atom stereocenters. The molecule has 18 heavy (non-hydrogen) atoms. The molecule has 1 fully saturated rings. The molecule has 1 aliphatic heterocycles. The zero-order valence-electron chi connectivity index (χ0n) is 10.3. The largest absolute Gasteiger partial charge is 0.314 e.